The Labute approximate surface area is 232 Å². The highest BCUT2D eigenvalue weighted by Gasteiger charge is 2.49. The Bertz CT molecular complexity index is 1260. The monoisotopic (exact) mass is 580 g/mol. The first kappa shape index (κ1) is 29.3. The summed E-state index contributed by atoms with van der Waals surface area (Å²) in [5.74, 6) is -0.876. The van der Waals surface area contributed by atoms with E-state index in [-0.39, 0.29) is 17.8 Å². The molecule has 2 saturated heterocycles. The van der Waals surface area contributed by atoms with Crippen LogP contribution in [-0.2, 0) is 20.6 Å². The van der Waals surface area contributed by atoms with Gasteiger partial charge in [-0.2, -0.15) is 13.2 Å². The fraction of sp³-hybridized carbons (Fsp3) is 0.370. The zero-order chi connectivity index (χ0) is 28.9. The number of amides is 1. The molecule has 0 aromatic heterocycles. The SMILES string of the molecule is O=C(O)C=CC(=O)O.O=C1CSC2(CCN(CC3COc4ccccc4O3)CC2)N1c1cccc(C(F)(F)F)c1. The van der Waals surface area contributed by atoms with Gasteiger partial charge in [-0.3, -0.25) is 14.6 Å². The number of carboxylic acid groups (broad SMARTS) is 2. The molecule has 2 aromatic carbocycles. The number of carboxylic acids is 2. The summed E-state index contributed by atoms with van der Waals surface area (Å²) in [6.45, 7) is 2.64. The number of halogens is 3. The van der Waals surface area contributed by atoms with E-state index in [0.29, 0.717) is 43.8 Å². The lowest BCUT2D eigenvalue weighted by Crippen LogP contribution is -2.54. The number of piperidine rings is 1. The second-order valence-electron chi connectivity index (χ2n) is 9.32. The van der Waals surface area contributed by atoms with Crippen LogP contribution in [0, 0.1) is 0 Å². The second kappa shape index (κ2) is 12.2. The number of likely N-dealkylation sites (tertiary alicyclic amines) is 1. The normalized spacial score (nSPS) is 20.3. The minimum Gasteiger partial charge on any atom is -0.486 e. The number of hydrogen-bond acceptors (Lipinski definition) is 7. The van der Waals surface area contributed by atoms with E-state index in [4.69, 9.17) is 19.7 Å². The molecule has 0 saturated carbocycles. The number of thioether (sulfide) groups is 1. The topological polar surface area (TPSA) is 117 Å². The molecule has 0 radical (unpaired) electrons. The van der Waals surface area contributed by atoms with Gasteiger partial charge in [0.2, 0.25) is 5.91 Å². The van der Waals surface area contributed by atoms with E-state index in [1.54, 1.807) is 22.7 Å². The molecule has 2 N–H and O–H groups in total. The minimum atomic E-state index is -4.44. The third-order valence-corrected chi connectivity index (χ3v) is 8.11. The van der Waals surface area contributed by atoms with Crippen LogP contribution in [0.5, 0.6) is 11.5 Å². The summed E-state index contributed by atoms with van der Waals surface area (Å²) in [6.07, 6.45) is -2.04. The largest absolute Gasteiger partial charge is 0.486 e. The first-order chi connectivity index (χ1) is 19.0. The van der Waals surface area contributed by atoms with Crippen molar-refractivity contribution >= 4 is 35.3 Å². The minimum absolute atomic E-state index is 0.0867. The molecule has 2 fully saturated rings. The maximum Gasteiger partial charge on any atom is 0.416 e. The van der Waals surface area contributed by atoms with Crippen LogP contribution in [0.25, 0.3) is 0 Å². The van der Waals surface area contributed by atoms with Crippen molar-refractivity contribution in [1.82, 2.24) is 4.90 Å². The lowest BCUT2D eigenvalue weighted by molar-refractivity contribution is -0.137. The van der Waals surface area contributed by atoms with Gasteiger partial charge in [-0.15, -0.1) is 11.8 Å². The quantitative estimate of drug-likeness (QED) is 0.504. The molecule has 2 aromatic rings. The van der Waals surface area contributed by atoms with Gasteiger partial charge in [0, 0.05) is 37.5 Å². The molecule has 5 rings (SSSR count). The van der Waals surface area contributed by atoms with Crippen LogP contribution in [0.1, 0.15) is 18.4 Å². The maximum absolute atomic E-state index is 13.2. The number of ether oxygens (including phenoxy) is 2. The van der Waals surface area contributed by atoms with E-state index < -0.39 is 28.5 Å². The zero-order valence-corrected chi connectivity index (χ0v) is 22.0. The summed E-state index contributed by atoms with van der Waals surface area (Å²) in [7, 11) is 0. The Balaban J connectivity index is 0.000000406. The van der Waals surface area contributed by atoms with E-state index in [1.807, 2.05) is 24.3 Å². The van der Waals surface area contributed by atoms with Crippen LogP contribution in [0.2, 0.25) is 0 Å². The third-order valence-electron chi connectivity index (χ3n) is 6.59. The van der Waals surface area contributed by atoms with E-state index in [2.05, 4.69) is 4.90 Å². The Morgan fingerprint density at radius 1 is 1.02 bits per heavy atom. The molecular weight excluding hydrogens is 553 g/mol. The maximum atomic E-state index is 13.2. The van der Waals surface area contributed by atoms with Crippen LogP contribution in [-0.4, -0.2) is 75.9 Å². The fourth-order valence-corrected chi connectivity index (χ4v) is 6.12. The molecule has 0 bridgehead atoms. The Kier molecular flexibility index (Phi) is 8.94. The van der Waals surface area contributed by atoms with Crippen LogP contribution in [0.3, 0.4) is 0 Å². The average Bonchev–Trinajstić information content (AvgIpc) is 3.24. The van der Waals surface area contributed by atoms with Crippen LogP contribution in [0.15, 0.2) is 60.7 Å². The summed E-state index contributed by atoms with van der Waals surface area (Å²) in [4.78, 5) is 35.2. The fourth-order valence-electron chi connectivity index (χ4n) is 4.79. The Morgan fingerprint density at radius 2 is 1.68 bits per heavy atom. The smallest absolute Gasteiger partial charge is 0.416 e. The zero-order valence-electron chi connectivity index (χ0n) is 21.2. The lowest BCUT2D eigenvalue weighted by atomic mass is 10.00. The molecule has 214 valence electrons. The number of hydrogen-bond donors (Lipinski definition) is 2. The molecule has 3 heterocycles. The van der Waals surface area contributed by atoms with Crippen LogP contribution in [0.4, 0.5) is 18.9 Å². The second-order valence-corrected chi connectivity index (χ2v) is 10.7. The highest BCUT2D eigenvalue weighted by molar-refractivity contribution is 8.02. The number of nitrogens with zero attached hydrogens (tertiary/aromatic N) is 2. The number of benzene rings is 2. The first-order valence-electron chi connectivity index (χ1n) is 12.4. The van der Waals surface area contributed by atoms with Gasteiger partial charge in [0.1, 0.15) is 12.7 Å². The van der Waals surface area contributed by atoms with Gasteiger partial charge in [-0.1, -0.05) is 18.2 Å². The van der Waals surface area contributed by atoms with Crippen molar-refractivity contribution in [2.45, 2.75) is 30.0 Å². The number of aliphatic carboxylic acids is 2. The predicted octanol–water partition coefficient (Wildman–Crippen LogP) is 4.13. The molecule has 3 aliphatic heterocycles. The molecular formula is C27H27F3N2O7S. The number of carbonyl (C=O) groups excluding carboxylic acids is 1. The number of para-hydroxylation sites is 2. The molecule has 9 nitrogen and oxygen atoms in total. The van der Waals surface area contributed by atoms with Crippen molar-refractivity contribution in [3.8, 4) is 11.5 Å². The number of rotatable bonds is 5. The summed E-state index contributed by atoms with van der Waals surface area (Å²) in [5.41, 5.74) is -0.411. The van der Waals surface area contributed by atoms with Gasteiger partial charge in [-0.05, 0) is 43.2 Å². The van der Waals surface area contributed by atoms with Gasteiger partial charge in [-0.25, -0.2) is 9.59 Å². The highest BCUT2D eigenvalue weighted by Crippen LogP contribution is 2.47. The van der Waals surface area contributed by atoms with Gasteiger partial charge in [0.05, 0.1) is 16.2 Å². The highest BCUT2D eigenvalue weighted by atomic mass is 32.2. The molecule has 1 spiro atoms. The standard InChI is InChI=1S/C23H23F3N2O3S.C4H4O4/c24-23(25,26)16-4-3-5-17(12-16)28-21(29)15-32-22(28)8-10-27(11-9-22)13-18-14-30-19-6-1-2-7-20(19)31-18;5-3(6)1-2-4(7)8/h1-7,12,18H,8-11,13-15H2;1-2H,(H,5,6)(H,7,8). The van der Waals surface area contributed by atoms with Gasteiger partial charge >= 0.3 is 18.1 Å². The number of carbonyl (C=O) groups is 3. The molecule has 13 heteroatoms. The average molecular weight is 581 g/mol. The summed E-state index contributed by atoms with van der Waals surface area (Å²) >= 11 is 1.54. The summed E-state index contributed by atoms with van der Waals surface area (Å²) in [5, 5.41) is 15.6. The summed E-state index contributed by atoms with van der Waals surface area (Å²) < 4.78 is 51.5. The van der Waals surface area contributed by atoms with E-state index >= 15 is 0 Å². The third kappa shape index (κ3) is 7.07. The molecule has 40 heavy (non-hydrogen) atoms. The van der Waals surface area contributed by atoms with E-state index in [9.17, 15) is 27.6 Å². The van der Waals surface area contributed by atoms with Crippen molar-refractivity contribution in [2.24, 2.45) is 0 Å². The van der Waals surface area contributed by atoms with E-state index in [0.717, 1.165) is 36.7 Å². The van der Waals surface area contributed by atoms with Crippen molar-refractivity contribution in [3.63, 3.8) is 0 Å². The van der Waals surface area contributed by atoms with Gasteiger partial charge < -0.3 is 19.7 Å². The number of alkyl halides is 3. The number of anilines is 1. The Hall–Kier alpha value is -3.71. The van der Waals surface area contributed by atoms with Crippen molar-refractivity contribution in [3.05, 3.63) is 66.2 Å². The van der Waals surface area contributed by atoms with Crippen LogP contribution >= 0.6 is 11.8 Å². The molecule has 1 atom stereocenters. The van der Waals surface area contributed by atoms with Crippen molar-refractivity contribution < 1.29 is 47.2 Å². The molecule has 1 unspecified atom stereocenters. The Morgan fingerprint density at radius 3 is 2.30 bits per heavy atom. The molecule has 3 aliphatic rings. The van der Waals surface area contributed by atoms with Crippen molar-refractivity contribution in [2.75, 3.05) is 36.9 Å². The van der Waals surface area contributed by atoms with Gasteiger partial charge in [0.15, 0.2) is 11.5 Å². The van der Waals surface area contributed by atoms with Crippen molar-refractivity contribution in [1.29, 1.82) is 0 Å². The number of fused-ring (bicyclic) bond motifs is 1. The van der Waals surface area contributed by atoms with Crippen LogP contribution < -0.4 is 14.4 Å². The van der Waals surface area contributed by atoms with Gasteiger partial charge in [0.25, 0.3) is 0 Å². The van der Waals surface area contributed by atoms with E-state index in [1.165, 1.54) is 6.07 Å². The molecule has 0 aliphatic carbocycles. The predicted molar refractivity (Wildman–Crippen MR) is 141 cm³/mol. The summed E-state index contributed by atoms with van der Waals surface area (Å²) in [6, 6.07) is 12.7. The first-order valence-corrected chi connectivity index (χ1v) is 13.3. The lowest BCUT2D eigenvalue weighted by Gasteiger charge is -2.44. The molecule has 1 amide bonds.